The standard InChI is InChI=1S/C21H27N3O5/c1-14(15-7-5-4-6-8-15)24-19(28)16-13-22(9-10-23(16)20(24)29)17(25)11-21(2,3)12-18(26)27/h4-8,14,16H,9-13H2,1-3H3,(H,26,27)/t14-,16-/m1/s1. The Morgan fingerprint density at radius 3 is 2.41 bits per heavy atom. The molecule has 0 bridgehead atoms. The number of rotatable bonds is 6. The smallest absolute Gasteiger partial charge is 0.328 e. The molecule has 0 aliphatic carbocycles. The Labute approximate surface area is 170 Å². The molecule has 0 aromatic heterocycles. The van der Waals surface area contributed by atoms with Gasteiger partial charge in [-0.25, -0.2) is 4.79 Å². The summed E-state index contributed by atoms with van der Waals surface area (Å²) in [4.78, 5) is 54.0. The fourth-order valence-electron chi connectivity index (χ4n) is 4.07. The maximum absolute atomic E-state index is 13.0. The van der Waals surface area contributed by atoms with Crippen LogP contribution in [0.2, 0.25) is 0 Å². The van der Waals surface area contributed by atoms with E-state index in [0.717, 1.165) is 5.56 Å². The zero-order valence-corrected chi connectivity index (χ0v) is 17.0. The Bertz CT molecular complexity index is 823. The lowest BCUT2D eigenvalue weighted by molar-refractivity contribution is -0.141. The minimum atomic E-state index is -0.949. The summed E-state index contributed by atoms with van der Waals surface area (Å²) in [5.41, 5.74) is 0.195. The molecule has 1 N–H and O–H groups in total. The molecule has 3 rings (SSSR count). The van der Waals surface area contributed by atoms with Crippen LogP contribution >= 0.6 is 0 Å². The van der Waals surface area contributed by atoms with Crippen molar-refractivity contribution < 1.29 is 24.3 Å². The maximum Gasteiger partial charge on any atom is 0.328 e. The molecule has 0 spiro atoms. The molecule has 4 amide bonds. The van der Waals surface area contributed by atoms with Crippen molar-refractivity contribution in [2.45, 2.75) is 45.7 Å². The van der Waals surface area contributed by atoms with Gasteiger partial charge in [-0.05, 0) is 17.9 Å². The van der Waals surface area contributed by atoms with Gasteiger partial charge in [0.1, 0.15) is 6.04 Å². The van der Waals surface area contributed by atoms with Gasteiger partial charge in [0.2, 0.25) is 5.91 Å². The van der Waals surface area contributed by atoms with Gasteiger partial charge in [-0.1, -0.05) is 44.2 Å². The Kier molecular flexibility index (Phi) is 5.64. The van der Waals surface area contributed by atoms with Crippen LogP contribution in [0.1, 0.15) is 45.2 Å². The third kappa shape index (κ3) is 4.26. The van der Waals surface area contributed by atoms with Crippen LogP contribution in [-0.4, -0.2) is 69.3 Å². The molecule has 2 atom stereocenters. The minimum absolute atomic E-state index is 0.0816. The summed E-state index contributed by atoms with van der Waals surface area (Å²) >= 11 is 0. The van der Waals surface area contributed by atoms with E-state index in [2.05, 4.69) is 0 Å². The first kappa shape index (κ1) is 20.8. The number of hydrogen-bond acceptors (Lipinski definition) is 4. The third-order valence-corrected chi connectivity index (χ3v) is 5.64. The van der Waals surface area contributed by atoms with Crippen LogP contribution in [0.4, 0.5) is 4.79 Å². The Hall–Kier alpha value is -2.90. The first-order valence-electron chi connectivity index (χ1n) is 9.79. The number of carboxylic acid groups (broad SMARTS) is 1. The fourth-order valence-corrected chi connectivity index (χ4v) is 4.07. The lowest BCUT2D eigenvalue weighted by Crippen LogP contribution is -2.55. The van der Waals surface area contributed by atoms with E-state index >= 15 is 0 Å². The van der Waals surface area contributed by atoms with Gasteiger partial charge in [-0.15, -0.1) is 0 Å². The van der Waals surface area contributed by atoms with Crippen molar-refractivity contribution in [2.24, 2.45) is 5.41 Å². The Morgan fingerprint density at radius 1 is 1.14 bits per heavy atom. The van der Waals surface area contributed by atoms with Crippen LogP contribution in [-0.2, 0) is 14.4 Å². The molecule has 2 aliphatic rings. The van der Waals surface area contributed by atoms with E-state index in [4.69, 9.17) is 5.11 Å². The second-order valence-electron chi connectivity index (χ2n) is 8.54. The predicted molar refractivity (Wildman–Crippen MR) is 105 cm³/mol. The molecule has 1 aromatic rings. The highest BCUT2D eigenvalue weighted by Gasteiger charge is 2.50. The fraction of sp³-hybridized carbons (Fsp3) is 0.524. The highest BCUT2D eigenvalue weighted by Crippen LogP contribution is 2.32. The average molecular weight is 401 g/mol. The molecule has 2 fully saturated rings. The second-order valence-corrected chi connectivity index (χ2v) is 8.54. The molecular weight excluding hydrogens is 374 g/mol. The topological polar surface area (TPSA) is 98.2 Å². The van der Waals surface area contributed by atoms with Gasteiger partial charge < -0.3 is 14.9 Å². The van der Waals surface area contributed by atoms with Crippen molar-refractivity contribution >= 4 is 23.8 Å². The number of carbonyl (C=O) groups excluding carboxylic acids is 3. The summed E-state index contributed by atoms with van der Waals surface area (Å²) in [7, 11) is 0. The van der Waals surface area contributed by atoms with Crippen molar-refractivity contribution in [3.63, 3.8) is 0 Å². The number of benzene rings is 1. The largest absolute Gasteiger partial charge is 0.481 e. The van der Waals surface area contributed by atoms with Gasteiger partial charge in [0, 0.05) is 19.5 Å². The molecular formula is C21H27N3O5. The van der Waals surface area contributed by atoms with Crippen molar-refractivity contribution in [3.05, 3.63) is 35.9 Å². The van der Waals surface area contributed by atoms with Crippen molar-refractivity contribution in [3.8, 4) is 0 Å². The summed E-state index contributed by atoms with van der Waals surface area (Å²) in [5, 5.41) is 9.02. The monoisotopic (exact) mass is 401 g/mol. The van der Waals surface area contributed by atoms with Crippen molar-refractivity contribution in [1.82, 2.24) is 14.7 Å². The SMILES string of the molecule is C[C@H](c1ccccc1)N1C(=O)[C@H]2CN(C(=O)CC(C)(C)CC(=O)O)CCN2C1=O. The van der Waals surface area contributed by atoms with Crippen LogP contribution in [0.5, 0.6) is 0 Å². The molecule has 0 saturated carbocycles. The van der Waals surface area contributed by atoms with Crippen LogP contribution in [0.3, 0.4) is 0 Å². The summed E-state index contributed by atoms with van der Waals surface area (Å²) in [6.45, 7) is 6.07. The van der Waals surface area contributed by atoms with Crippen LogP contribution in [0.25, 0.3) is 0 Å². The number of carbonyl (C=O) groups is 4. The number of fused-ring (bicyclic) bond motifs is 1. The number of imide groups is 1. The van der Waals surface area contributed by atoms with Crippen LogP contribution < -0.4 is 0 Å². The van der Waals surface area contributed by atoms with Crippen LogP contribution in [0.15, 0.2) is 30.3 Å². The lowest BCUT2D eigenvalue weighted by Gasteiger charge is -2.36. The highest BCUT2D eigenvalue weighted by atomic mass is 16.4. The summed E-state index contributed by atoms with van der Waals surface area (Å²) in [5.74, 6) is -1.44. The first-order chi connectivity index (χ1) is 13.6. The van der Waals surface area contributed by atoms with E-state index in [0.29, 0.717) is 13.1 Å². The molecule has 156 valence electrons. The van der Waals surface area contributed by atoms with E-state index in [1.165, 1.54) is 9.80 Å². The number of carboxylic acids is 1. The highest BCUT2D eigenvalue weighted by molar-refractivity contribution is 6.05. The average Bonchev–Trinajstić information content (AvgIpc) is 2.90. The zero-order chi connectivity index (χ0) is 21.3. The molecule has 2 heterocycles. The van der Waals surface area contributed by atoms with E-state index in [-0.39, 0.29) is 43.3 Å². The number of amides is 4. The Balaban J connectivity index is 1.70. The van der Waals surface area contributed by atoms with Gasteiger partial charge in [0.15, 0.2) is 0 Å². The van der Waals surface area contributed by atoms with Gasteiger partial charge >= 0.3 is 12.0 Å². The second kappa shape index (κ2) is 7.85. The lowest BCUT2D eigenvalue weighted by atomic mass is 9.85. The molecule has 2 saturated heterocycles. The third-order valence-electron chi connectivity index (χ3n) is 5.64. The summed E-state index contributed by atoms with van der Waals surface area (Å²) in [6.07, 6.45) is -0.0276. The number of piperazine rings is 1. The van der Waals surface area contributed by atoms with E-state index in [9.17, 15) is 19.2 Å². The molecule has 2 aliphatic heterocycles. The number of hydrogen-bond donors (Lipinski definition) is 1. The van der Waals surface area contributed by atoms with E-state index < -0.39 is 17.4 Å². The normalized spacial score (nSPS) is 20.7. The molecule has 0 radical (unpaired) electrons. The quantitative estimate of drug-likeness (QED) is 0.736. The summed E-state index contributed by atoms with van der Waals surface area (Å²) in [6, 6.07) is 7.96. The van der Waals surface area contributed by atoms with Gasteiger partial charge in [0.05, 0.1) is 19.0 Å². The van der Waals surface area contributed by atoms with Crippen molar-refractivity contribution in [2.75, 3.05) is 19.6 Å². The number of urea groups is 1. The first-order valence-corrected chi connectivity index (χ1v) is 9.79. The minimum Gasteiger partial charge on any atom is -0.481 e. The molecule has 29 heavy (non-hydrogen) atoms. The van der Waals surface area contributed by atoms with Crippen molar-refractivity contribution in [1.29, 1.82) is 0 Å². The summed E-state index contributed by atoms with van der Waals surface area (Å²) < 4.78 is 0. The molecule has 8 heteroatoms. The Morgan fingerprint density at radius 2 is 1.79 bits per heavy atom. The number of aliphatic carboxylic acids is 1. The van der Waals surface area contributed by atoms with Crippen LogP contribution in [0, 0.1) is 5.41 Å². The number of nitrogens with zero attached hydrogens (tertiary/aromatic N) is 3. The molecule has 0 unspecified atom stereocenters. The molecule has 8 nitrogen and oxygen atoms in total. The van der Waals surface area contributed by atoms with E-state index in [1.807, 2.05) is 37.3 Å². The van der Waals surface area contributed by atoms with Gasteiger partial charge in [-0.2, -0.15) is 0 Å². The van der Waals surface area contributed by atoms with Gasteiger partial charge in [-0.3, -0.25) is 19.3 Å². The predicted octanol–water partition coefficient (Wildman–Crippen LogP) is 2.11. The maximum atomic E-state index is 13.0. The molecule has 1 aromatic carbocycles. The zero-order valence-electron chi connectivity index (χ0n) is 17.0. The van der Waals surface area contributed by atoms with Gasteiger partial charge in [0.25, 0.3) is 5.91 Å². The van der Waals surface area contributed by atoms with E-state index in [1.54, 1.807) is 18.7 Å².